The fraction of sp³-hybridized carbons (Fsp3) is 0.524. The molecule has 0 aliphatic rings. The molecule has 2 aromatic rings. The van der Waals surface area contributed by atoms with E-state index >= 15 is 0 Å². The highest BCUT2D eigenvalue weighted by Gasteiger charge is 2.36. The zero-order chi connectivity index (χ0) is 21.3. The predicted molar refractivity (Wildman–Crippen MR) is 107 cm³/mol. The highest BCUT2D eigenvalue weighted by atomic mass is 19.4. The van der Waals surface area contributed by atoms with Crippen LogP contribution in [0.15, 0.2) is 30.5 Å². The molecule has 1 heterocycles. The van der Waals surface area contributed by atoms with Crippen LogP contribution < -0.4 is 14.8 Å². The van der Waals surface area contributed by atoms with Crippen LogP contribution in [0.1, 0.15) is 52.0 Å². The van der Waals surface area contributed by atoms with E-state index in [1.165, 1.54) is 0 Å². The number of ether oxygens (including phenoxy) is 2. The second-order valence-corrected chi connectivity index (χ2v) is 7.17. The minimum atomic E-state index is -4.58. The highest BCUT2D eigenvalue weighted by Crippen LogP contribution is 2.35. The molecule has 0 unspecified atom stereocenters. The van der Waals surface area contributed by atoms with Gasteiger partial charge in [0.1, 0.15) is 11.3 Å². The van der Waals surface area contributed by atoms with Crippen molar-refractivity contribution in [3.05, 3.63) is 36.0 Å². The Morgan fingerprint density at radius 1 is 1.03 bits per heavy atom. The lowest BCUT2D eigenvalue weighted by Gasteiger charge is -2.14. The van der Waals surface area contributed by atoms with Crippen LogP contribution in [-0.4, -0.2) is 23.2 Å². The third-order valence-electron chi connectivity index (χ3n) is 3.99. The maximum Gasteiger partial charge on any atom is 0.423 e. The highest BCUT2D eigenvalue weighted by molar-refractivity contribution is 5.55. The van der Waals surface area contributed by atoms with Gasteiger partial charge < -0.3 is 14.8 Å². The third kappa shape index (κ3) is 7.79. The molecule has 0 fully saturated rings. The van der Waals surface area contributed by atoms with Crippen LogP contribution in [0.25, 0.3) is 0 Å². The van der Waals surface area contributed by atoms with Crippen LogP contribution in [0.4, 0.5) is 24.8 Å². The number of hydrogen-bond donors (Lipinski definition) is 1. The molecule has 1 N–H and O–H groups in total. The molecule has 0 aliphatic heterocycles. The van der Waals surface area contributed by atoms with Gasteiger partial charge in [0, 0.05) is 11.9 Å². The van der Waals surface area contributed by atoms with Crippen molar-refractivity contribution in [2.45, 2.75) is 52.6 Å². The van der Waals surface area contributed by atoms with Crippen molar-refractivity contribution in [2.24, 2.45) is 5.92 Å². The molecule has 0 radical (unpaired) electrons. The third-order valence-corrected chi connectivity index (χ3v) is 3.99. The number of halogens is 3. The van der Waals surface area contributed by atoms with E-state index in [4.69, 9.17) is 9.47 Å². The lowest BCUT2D eigenvalue weighted by Crippen LogP contribution is -2.13. The van der Waals surface area contributed by atoms with Crippen molar-refractivity contribution < 1.29 is 22.6 Å². The zero-order valence-corrected chi connectivity index (χ0v) is 17.1. The van der Waals surface area contributed by atoms with E-state index in [1.807, 2.05) is 0 Å². The summed E-state index contributed by atoms with van der Waals surface area (Å²) in [6.45, 7) is 6.96. The Bertz CT molecular complexity index is 750. The van der Waals surface area contributed by atoms with E-state index < -0.39 is 17.6 Å². The number of nitrogens with zero attached hydrogens (tertiary/aromatic N) is 2. The van der Waals surface area contributed by atoms with Gasteiger partial charge in [0.15, 0.2) is 0 Å². The summed E-state index contributed by atoms with van der Waals surface area (Å²) in [5.41, 5.74) is -0.341. The van der Waals surface area contributed by atoms with E-state index in [9.17, 15) is 13.2 Å². The van der Waals surface area contributed by atoms with Crippen molar-refractivity contribution in [2.75, 3.05) is 18.5 Å². The topological polar surface area (TPSA) is 56.3 Å². The molecule has 1 aromatic carbocycles. The minimum Gasteiger partial charge on any atom is -0.493 e. The Kier molecular flexibility index (Phi) is 8.54. The van der Waals surface area contributed by atoms with Gasteiger partial charge in [-0.05, 0) is 36.6 Å². The van der Waals surface area contributed by atoms with Gasteiger partial charge in [-0.3, -0.25) is 0 Å². The Balaban J connectivity index is 2.07. The molecule has 0 aliphatic carbocycles. The first-order chi connectivity index (χ1) is 13.8. The number of benzene rings is 1. The zero-order valence-electron chi connectivity index (χ0n) is 17.1. The van der Waals surface area contributed by atoms with Crippen LogP contribution in [0.3, 0.4) is 0 Å². The molecule has 8 heteroatoms. The molecule has 0 bridgehead atoms. The molecule has 29 heavy (non-hydrogen) atoms. The molecule has 0 amide bonds. The number of hydrogen-bond acceptors (Lipinski definition) is 5. The normalized spacial score (nSPS) is 11.6. The van der Waals surface area contributed by atoms with Crippen LogP contribution >= 0.6 is 0 Å². The Morgan fingerprint density at radius 2 is 1.76 bits per heavy atom. The van der Waals surface area contributed by atoms with Crippen LogP contribution in [0.5, 0.6) is 11.6 Å². The second-order valence-electron chi connectivity index (χ2n) is 7.17. The smallest absolute Gasteiger partial charge is 0.423 e. The predicted octanol–water partition coefficient (Wildman–Crippen LogP) is 6.23. The first-order valence-corrected chi connectivity index (χ1v) is 9.86. The van der Waals surface area contributed by atoms with Crippen molar-refractivity contribution >= 4 is 11.6 Å². The van der Waals surface area contributed by atoms with E-state index in [-0.39, 0.29) is 12.6 Å². The van der Waals surface area contributed by atoms with Gasteiger partial charge in [0.2, 0.25) is 11.8 Å². The molecule has 2 rings (SSSR count). The number of anilines is 2. The Labute approximate surface area is 169 Å². The summed E-state index contributed by atoms with van der Waals surface area (Å²) in [4.78, 5) is 7.73. The lowest BCUT2D eigenvalue weighted by molar-refractivity contribution is -0.139. The average molecular weight is 411 g/mol. The van der Waals surface area contributed by atoms with Gasteiger partial charge in [-0.1, -0.05) is 40.0 Å². The van der Waals surface area contributed by atoms with Gasteiger partial charge in [-0.15, -0.1) is 0 Å². The van der Waals surface area contributed by atoms with Gasteiger partial charge in [-0.25, -0.2) is 4.98 Å². The number of rotatable bonds is 11. The maximum atomic E-state index is 13.2. The maximum absolute atomic E-state index is 13.2. The molecule has 160 valence electrons. The largest absolute Gasteiger partial charge is 0.493 e. The number of unbranched alkanes of at least 4 members (excludes halogenated alkanes) is 3. The fourth-order valence-electron chi connectivity index (χ4n) is 2.46. The molecular weight excluding hydrogens is 383 g/mol. The second kappa shape index (κ2) is 10.9. The van der Waals surface area contributed by atoms with Crippen molar-refractivity contribution in [3.8, 4) is 11.6 Å². The SMILES string of the molecule is CCCCCCOc1nc(Nc2ccc(OCC(C)C)cc2)ncc1C(F)(F)F. The van der Waals surface area contributed by atoms with Crippen LogP contribution in [-0.2, 0) is 6.18 Å². The average Bonchev–Trinajstić information content (AvgIpc) is 2.66. The molecule has 5 nitrogen and oxygen atoms in total. The summed E-state index contributed by atoms with van der Waals surface area (Å²) in [5, 5.41) is 2.90. The van der Waals surface area contributed by atoms with Crippen LogP contribution in [0.2, 0.25) is 0 Å². The van der Waals surface area contributed by atoms with Gasteiger partial charge in [-0.2, -0.15) is 18.2 Å². The summed E-state index contributed by atoms with van der Waals surface area (Å²) in [6.07, 6.45) is -0.196. The monoisotopic (exact) mass is 411 g/mol. The standard InChI is InChI=1S/C21H28F3N3O2/c1-4-5-6-7-12-28-19-18(21(22,23)24)13-25-20(27-19)26-16-8-10-17(11-9-16)29-14-15(2)3/h8-11,13,15H,4-7,12,14H2,1-3H3,(H,25,26,27). The lowest BCUT2D eigenvalue weighted by atomic mass is 10.2. The minimum absolute atomic E-state index is 0.0393. The van der Waals surface area contributed by atoms with Gasteiger partial charge in [0.25, 0.3) is 0 Å². The van der Waals surface area contributed by atoms with Crippen molar-refractivity contribution in [1.29, 1.82) is 0 Å². The van der Waals surface area contributed by atoms with Gasteiger partial charge >= 0.3 is 6.18 Å². The van der Waals surface area contributed by atoms with E-state index in [2.05, 4.69) is 36.1 Å². The number of aromatic nitrogens is 2. The summed E-state index contributed by atoms with van der Waals surface area (Å²) in [6, 6.07) is 7.06. The molecule has 0 saturated heterocycles. The Morgan fingerprint density at radius 3 is 2.38 bits per heavy atom. The summed E-state index contributed by atoms with van der Waals surface area (Å²) >= 11 is 0. The molecular formula is C21H28F3N3O2. The van der Waals surface area contributed by atoms with Gasteiger partial charge in [0.05, 0.1) is 13.2 Å². The Hall–Kier alpha value is -2.51. The quantitative estimate of drug-likeness (QED) is 0.444. The molecule has 1 aromatic heterocycles. The first-order valence-electron chi connectivity index (χ1n) is 9.86. The summed E-state index contributed by atoms with van der Waals surface area (Å²) < 4.78 is 50.6. The van der Waals surface area contributed by atoms with E-state index in [1.54, 1.807) is 24.3 Å². The van der Waals surface area contributed by atoms with Crippen molar-refractivity contribution in [3.63, 3.8) is 0 Å². The summed E-state index contributed by atoms with van der Waals surface area (Å²) in [7, 11) is 0. The van der Waals surface area contributed by atoms with E-state index in [0.717, 1.165) is 25.5 Å². The molecule has 0 spiro atoms. The number of alkyl halides is 3. The summed E-state index contributed by atoms with van der Waals surface area (Å²) in [5.74, 6) is 0.711. The van der Waals surface area contributed by atoms with Crippen LogP contribution in [0, 0.1) is 5.92 Å². The molecule has 0 saturated carbocycles. The van der Waals surface area contributed by atoms with E-state index in [0.29, 0.717) is 30.4 Å². The molecule has 0 atom stereocenters. The first kappa shape index (κ1) is 22.8. The van der Waals surface area contributed by atoms with Crippen molar-refractivity contribution in [1.82, 2.24) is 9.97 Å². The number of nitrogens with one attached hydrogen (secondary N) is 1. The fourth-order valence-corrected chi connectivity index (χ4v) is 2.46.